The summed E-state index contributed by atoms with van der Waals surface area (Å²) in [6.07, 6.45) is 0.865. The number of benzene rings is 1. The number of esters is 1. The molecule has 0 spiro atoms. The minimum atomic E-state index is -0.382. The molecule has 0 amide bonds. The number of hydrogen-bond acceptors (Lipinski definition) is 5. The summed E-state index contributed by atoms with van der Waals surface area (Å²) in [6.45, 7) is 3.58. The van der Waals surface area contributed by atoms with Gasteiger partial charge in [-0.3, -0.25) is 0 Å². The monoisotopic (exact) mass is 266 g/mol. The van der Waals surface area contributed by atoms with Crippen LogP contribution in [0.4, 0.5) is 5.69 Å². The lowest BCUT2D eigenvalue weighted by molar-refractivity contribution is 0.0477. The van der Waals surface area contributed by atoms with Gasteiger partial charge in [0.05, 0.1) is 6.61 Å². The van der Waals surface area contributed by atoms with Crippen LogP contribution in [-0.4, -0.2) is 44.7 Å². The first-order valence-electron chi connectivity index (χ1n) is 6.38. The van der Waals surface area contributed by atoms with Gasteiger partial charge in [-0.15, -0.1) is 0 Å². The Kier molecular flexibility index (Phi) is 6.15. The van der Waals surface area contributed by atoms with Crippen LogP contribution in [0.2, 0.25) is 0 Å². The lowest BCUT2D eigenvalue weighted by Crippen LogP contribution is -2.20. The fourth-order valence-corrected chi connectivity index (χ4v) is 1.44. The molecule has 0 saturated heterocycles. The number of nitrogens with zero attached hydrogens (tertiary/aromatic N) is 1. The molecule has 1 aromatic rings. The van der Waals surface area contributed by atoms with Crippen molar-refractivity contribution in [3.63, 3.8) is 0 Å². The van der Waals surface area contributed by atoms with Gasteiger partial charge in [-0.2, -0.15) is 0 Å². The summed E-state index contributed by atoms with van der Waals surface area (Å²) in [5.74, 6) is 0.102. The van der Waals surface area contributed by atoms with Gasteiger partial charge in [-0.05, 0) is 32.6 Å². The van der Waals surface area contributed by atoms with E-state index in [1.807, 2.05) is 25.9 Å². The molecule has 1 rings (SSSR count). The largest absolute Gasteiger partial charge is 0.493 e. The van der Waals surface area contributed by atoms with E-state index in [0.717, 1.165) is 6.42 Å². The van der Waals surface area contributed by atoms with E-state index in [1.165, 1.54) is 0 Å². The van der Waals surface area contributed by atoms with Gasteiger partial charge in [0, 0.05) is 18.3 Å². The van der Waals surface area contributed by atoms with Crippen molar-refractivity contribution in [2.24, 2.45) is 0 Å². The van der Waals surface area contributed by atoms with E-state index in [0.29, 0.717) is 36.8 Å². The van der Waals surface area contributed by atoms with Gasteiger partial charge in [-0.25, -0.2) is 4.79 Å². The van der Waals surface area contributed by atoms with Crippen molar-refractivity contribution >= 4 is 11.7 Å². The minimum absolute atomic E-state index is 0.351. The molecule has 2 N–H and O–H groups in total. The first-order valence-corrected chi connectivity index (χ1v) is 6.38. The summed E-state index contributed by atoms with van der Waals surface area (Å²) in [5, 5.41) is 0. The van der Waals surface area contributed by atoms with Crippen molar-refractivity contribution < 1.29 is 14.3 Å². The van der Waals surface area contributed by atoms with Crippen LogP contribution in [0.25, 0.3) is 0 Å². The number of ether oxygens (including phenoxy) is 2. The third-order valence-electron chi connectivity index (χ3n) is 2.46. The minimum Gasteiger partial charge on any atom is -0.493 e. The number of likely N-dealkylation sites (N-methyl/N-ethyl adjacent to an activating group) is 1. The van der Waals surface area contributed by atoms with E-state index in [4.69, 9.17) is 15.2 Å². The molecular formula is C14H22N2O3. The Balaban J connectivity index is 2.71. The van der Waals surface area contributed by atoms with Gasteiger partial charge in [0.15, 0.2) is 0 Å². The third-order valence-corrected chi connectivity index (χ3v) is 2.46. The number of hydrogen-bond donors (Lipinski definition) is 1. The van der Waals surface area contributed by atoms with Crippen LogP contribution >= 0.6 is 0 Å². The fraction of sp³-hybridized carbons (Fsp3) is 0.500. The molecule has 19 heavy (non-hydrogen) atoms. The molecule has 0 bridgehead atoms. The van der Waals surface area contributed by atoms with E-state index in [1.54, 1.807) is 18.2 Å². The van der Waals surface area contributed by atoms with Crippen LogP contribution in [0.5, 0.6) is 5.75 Å². The Bertz CT molecular complexity index is 419. The molecule has 106 valence electrons. The smallest absolute Gasteiger partial charge is 0.341 e. The van der Waals surface area contributed by atoms with Crippen molar-refractivity contribution in [3.8, 4) is 5.75 Å². The third kappa shape index (κ3) is 5.18. The first-order chi connectivity index (χ1) is 9.04. The zero-order valence-corrected chi connectivity index (χ0v) is 11.8. The molecule has 0 atom stereocenters. The summed E-state index contributed by atoms with van der Waals surface area (Å²) < 4.78 is 10.7. The maximum atomic E-state index is 12.0. The highest BCUT2D eigenvalue weighted by molar-refractivity contribution is 5.93. The van der Waals surface area contributed by atoms with E-state index in [-0.39, 0.29) is 5.97 Å². The van der Waals surface area contributed by atoms with Crippen LogP contribution in [0, 0.1) is 0 Å². The second-order valence-electron chi connectivity index (χ2n) is 4.54. The predicted molar refractivity (Wildman–Crippen MR) is 75.5 cm³/mol. The normalized spacial score (nSPS) is 10.5. The zero-order valence-electron chi connectivity index (χ0n) is 11.8. The number of carbonyl (C=O) groups is 1. The van der Waals surface area contributed by atoms with E-state index >= 15 is 0 Å². The van der Waals surface area contributed by atoms with E-state index < -0.39 is 0 Å². The highest BCUT2D eigenvalue weighted by atomic mass is 16.5. The van der Waals surface area contributed by atoms with Crippen LogP contribution < -0.4 is 10.5 Å². The van der Waals surface area contributed by atoms with Crippen molar-refractivity contribution in [1.82, 2.24) is 4.90 Å². The molecule has 0 aliphatic carbocycles. The number of anilines is 1. The average Bonchev–Trinajstić information content (AvgIpc) is 2.35. The van der Waals surface area contributed by atoms with Crippen molar-refractivity contribution in [1.29, 1.82) is 0 Å². The highest BCUT2D eigenvalue weighted by Crippen LogP contribution is 2.23. The van der Waals surface area contributed by atoms with Crippen LogP contribution in [0.3, 0.4) is 0 Å². The molecule has 0 heterocycles. The molecule has 1 aromatic carbocycles. The summed E-state index contributed by atoms with van der Waals surface area (Å²) in [4.78, 5) is 13.9. The predicted octanol–water partition coefficient (Wildman–Crippen LogP) is 1.78. The van der Waals surface area contributed by atoms with Gasteiger partial charge < -0.3 is 20.1 Å². The zero-order chi connectivity index (χ0) is 14.3. The molecule has 0 saturated carbocycles. The fourth-order valence-electron chi connectivity index (χ4n) is 1.44. The molecule has 0 aliphatic heterocycles. The van der Waals surface area contributed by atoms with E-state index in [9.17, 15) is 4.79 Å². The SMILES string of the molecule is CCCOc1cc(N)ccc1C(=O)OCCN(C)C. The van der Waals surface area contributed by atoms with Crippen molar-refractivity contribution in [2.45, 2.75) is 13.3 Å². The standard InChI is InChI=1S/C14H22N2O3/c1-4-8-18-13-10-11(15)5-6-12(13)14(17)19-9-7-16(2)3/h5-6,10H,4,7-9,15H2,1-3H3. The second-order valence-corrected chi connectivity index (χ2v) is 4.54. The van der Waals surface area contributed by atoms with Gasteiger partial charge in [0.2, 0.25) is 0 Å². The number of nitrogens with two attached hydrogens (primary N) is 1. The van der Waals surface area contributed by atoms with Gasteiger partial charge >= 0.3 is 5.97 Å². The lowest BCUT2D eigenvalue weighted by Gasteiger charge is -2.13. The summed E-state index contributed by atoms with van der Waals surface area (Å²) in [5.41, 5.74) is 6.68. The second kappa shape index (κ2) is 7.63. The van der Waals surface area contributed by atoms with Gasteiger partial charge in [0.1, 0.15) is 17.9 Å². The summed E-state index contributed by atoms with van der Waals surface area (Å²) in [7, 11) is 3.85. The number of rotatable bonds is 7. The Hall–Kier alpha value is -1.75. The molecule has 0 radical (unpaired) electrons. The first kappa shape index (κ1) is 15.3. The lowest BCUT2D eigenvalue weighted by atomic mass is 10.2. The summed E-state index contributed by atoms with van der Waals surface area (Å²) in [6, 6.07) is 4.96. The topological polar surface area (TPSA) is 64.8 Å². The Morgan fingerprint density at radius 2 is 2.05 bits per heavy atom. The maximum Gasteiger partial charge on any atom is 0.341 e. The Morgan fingerprint density at radius 1 is 1.32 bits per heavy atom. The molecule has 0 aliphatic rings. The number of carbonyl (C=O) groups excluding carboxylic acids is 1. The average molecular weight is 266 g/mol. The maximum absolute atomic E-state index is 12.0. The van der Waals surface area contributed by atoms with Gasteiger partial charge in [-0.1, -0.05) is 6.92 Å². The molecule has 0 unspecified atom stereocenters. The van der Waals surface area contributed by atoms with E-state index in [2.05, 4.69) is 0 Å². The van der Waals surface area contributed by atoms with Crippen LogP contribution in [0.1, 0.15) is 23.7 Å². The molecule has 5 heteroatoms. The van der Waals surface area contributed by atoms with Crippen LogP contribution in [0.15, 0.2) is 18.2 Å². The van der Waals surface area contributed by atoms with Crippen molar-refractivity contribution in [2.75, 3.05) is 39.6 Å². The molecule has 5 nitrogen and oxygen atoms in total. The highest BCUT2D eigenvalue weighted by Gasteiger charge is 2.14. The summed E-state index contributed by atoms with van der Waals surface area (Å²) >= 11 is 0. The van der Waals surface area contributed by atoms with Gasteiger partial charge in [0.25, 0.3) is 0 Å². The molecular weight excluding hydrogens is 244 g/mol. The molecule has 0 fully saturated rings. The number of nitrogen functional groups attached to an aromatic ring is 1. The van der Waals surface area contributed by atoms with Crippen molar-refractivity contribution in [3.05, 3.63) is 23.8 Å². The Morgan fingerprint density at radius 3 is 2.68 bits per heavy atom. The molecule has 0 aromatic heterocycles. The Labute approximate surface area is 114 Å². The van der Waals surface area contributed by atoms with Crippen LogP contribution in [-0.2, 0) is 4.74 Å². The quantitative estimate of drug-likeness (QED) is 0.602.